The molecular formula is C23H26N4O2. The third-order valence-electron chi connectivity index (χ3n) is 4.75. The molecule has 1 fully saturated rings. The molecule has 4 rings (SSSR count). The van der Waals surface area contributed by atoms with Crippen LogP contribution in [0, 0.1) is 6.92 Å². The lowest BCUT2D eigenvalue weighted by Crippen LogP contribution is -2.19. The second-order valence-electron chi connectivity index (χ2n) is 7.13. The van der Waals surface area contributed by atoms with E-state index in [4.69, 9.17) is 9.47 Å². The second-order valence-corrected chi connectivity index (χ2v) is 7.13. The average molecular weight is 390 g/mol. The maximum atomic E-state index is 5.84. The Balaban J connectivity index is 1.34. The summed E-state index contributed by atoms with van der Waals surface area (Å²) in [5.74, 6) is 3.11. The van der Waals surface area contributed by atoms with Crippen LogP contribution in [-0.2, 0) is 11.3 Å². The summed E-state index contributed by atoms with van der Waals surface area (Å²) in [5.41, 5.74) is 2.09. The predicted octanol–water partition coefficient (Wildman–Crippen LogP) is 4.70. The largest absolute Gasteiger partial charge is 0.489 e. The predicted molar refractivity (Wildman–Crippen MR) is 115 cm³/mol. The SMILES string of the molecule is Cc1nc(NCC2CCCO2)cc(Nc2ccc(OCc3ccccc3)cc2)n1. The van der Waals surface area contributed by atoms with Crippen molar-refractivity contribution in [2.24, 2.45) is 0 Å². The molecule has 1 aliphatic heterocycles. The van der Waals surface area contributed by atoms with Gasteiger partial charge in [0, 0.05) is 24.9 Å². The minimum absolute atomic E-state index is 0.269. The molecule has 2 aromatic carbocycles. The van der Waals surface area contributed by atoms with Crippen LogP contribution < -0.4 is 15.4 Å². The van der Waals surface area contributed by atoms with Crippen molar-refractivity contribution in [2.75, 3.05) is 23.8 Å². The van der Waals surface area contributed by atoms with Gasteiger partial charge >= 0.3 is 0 Å². The molecule has 0 aliphatic carbocycles. The molecule has 6 heteroatoms. The lowest BCUT2D eigenvalue weighted by atomic mass is 10.2. The Labute approximate surface area is 171 Å². The number of rotatable bonds is 8. The zero-order valence-electron chi connectivity index (χ0n) is 16.6. The molecule has 150 valence electrons. The molecule has 0 radical (unpaired) electrons. The number of hydrogen-bond donors (Lipinski definition) is 2. The maximum Gasteiger partial charge on any atom is 0.136 e. The molecule has 1 aromatic heterocycles. The third-order valence-corrected chi connectivity index (χ3v) is 4.75. The fourth-order valence-electron chi connectivity index (χ4n) is 3.27. The number of aryl methyl sites for hydroxylation is 1. The molecule has 3 aromatic rings. The number of hydrogen-bond acceptors (Lipinski definition) is 6. The van der Waals surface area contributed by atoms with E-state index in [1.807, 2.05) is 55.5 Å². The Hall–Kier alpha value is -3.12. The molecule has 1 saturated heterocycles. The van der Waals surface area contributed by atoms with Gasteiger partial charge in [-0.05, 0) is 49.6 Å². The summed E-state index contributed by atoms with van der Waals surface area (Å²) >= 11 is 0. The van der Waals surface area contributed by atoms with Crippen molar-refractivity contribution in [2.45, 2.75) is 32.5 Å². The van der Waals surface area contributed by atoms with Crippen LogP contribution in [0.2, 0.25) is 0 Å². The van der Waals surface area contributed by atoms with Crippen molar-refractivity contribution in [3.8, 4) is 5.75 Å². The summed E-state index contributed by atoms with van der Waals surface area (Å²) in [6.07, 6.45) is 2.50. The van der Waals surface area contributed by atoms with E-state index in [-0.39, 0.29) is 6.10 Å². The van der Waals surface area contributed by atoms with E-state index in [2.05, 4.69) is 32.7 Å². The van der Waals surface area contributed by atoms with E-state index in [1.54, 1.807) is 0 Å². The third kappa shape index (κ3) is 5.68. The van der Waals surface area contributed by atoms with Crippen molar-refractivity contribution < 1.29 is 9.47 Å². The molecular weight excluding hydrogens is 364 g/mol. The summed E-state index contributed by atoms with van der Waals surface area (Å²) in [6, 6.07) is 19.9. The smallest absolute Gasteiger partial charge is 0.136 e. The van der Waals surface area contributed by atoms with Gasteiger partial charge in [-0.15, -0.1) is 0 Å². The molecule has 1 unspecified atom stereocenters. The average Bonchev–Trinajstić information content (AvgIpc) is 3.26. The lowest BCUT2D eigenvalue weighted by Gasteiger charge is -2.13. The summed E-state index contributed by atoms with van der Waals surface area (Å²) < 4.78 is 11.5. The summed E-state index contributed by atoms with van der Waals surface area (Å²) in [7, 11) is 0. The number of ether oxygens (including phenoxy) is 2. The standard InChI is InChI=1S/C23H26N4O2/c1-17-25-22(24-15-21-8-5-13-28-21)14-23(26-17)27-19-9-11-20(12-10-19)29-16-18-6-3-2-4-7-18/h2-4,6-7,9-12,14,21H,5,8,13,15-16H2,1H3,(H2,24,25,26,27). The van der Waals surface area contributed by atoms with E-state index in [1.165, 1.54) is 0 Å². The Morgan fingerprint density at radius 1 is 1.03 bits per heavy atom. The van der Waals surface area contributed by atoms with Gasteiger partial charge in [0.15, 0.2) is 0 Å². The van der Waals surface area contributed by atoms with Crippen LogP contribution in [0.25, 0.3) is 0 Å². The highest BCUT2D eigenvalue weighted by Gasteiger charge is 2.15. The Morgan fingerprint density at radius 3 is 2.59 bits per heavy atom. The topological polar surface area (TPSA) is 68.3 Å². The van der Waals surface area contributed by atoms with Crippen molar-refractivity contribution in [1.82, 2.24) is 9.97 Å². The van der Waals surface area contributed by atoms with Crippen molar-refractivity contribution in [1.29, 1.82) is 0 Å². The summed E-state index contributed by atoms with van der Waals surface area (Å²) in [4.78, 5) is 8.95. The van der Waals surface area contributed by atoms with Crippen LogP contribution in [0.4, 0.5) is 17.3 Å². The van der Waals surface area contributed by atoms with Gasteiger partial charge < -0.3 is 20.1 Å². The van der Waals surface area contributed by atoms with Gasteiger partial charge in [0.2, 0.25) is 0 Å². The highest BCUT2D eigenvalue weighted by molar-refractivity contribution is 5.60. The van der Waals surface area contributed by atoms with Gasteiger partial charge in [0.1, 0.15) is 29.8 Å². The van der Waals surface area contributed by atoms with Crippen LogP contribution in [0.3, 0.4) is 0 Å². The summed E-state index contributed by atoms with van der Waals surface area (Å²) in [5, 5.41) is 6.70. The fourth-order valence-corrected chi connectivity index (χ4v) is 3.27. The minimum atomic E-state index is 0.269. The molecule has 0 amide bonds. The number of aromatic nitrogens is 2. The normalized spacial score (nSPS) is 15.8. The highest BCUT2D eigenvalue weighted by Crippen LogP contribution is 2.22. The van der Waals surface area contributed by atoms with Gasteiger partial charge in [0.25, 0.3) is 0 Å². The van der Waals surface area contributed by atoms with E-state index in [0.29, 0.717) is 12.4 Å². The zero-order chi connectivity index (χ0) is 19.9. The van der Waals surface area contributed by atoms with Crippen LogP contribution in [0.1, 0.15) is 24.2 Å². The fraction of sp³-hybridized carbons (Fsp3) is 0.304. The van der Waals surface area contributed by atoms with Gasteiger partial charge in [0.05, 0.1) is 6.10 Å². The molecule has 0 spiro atoms. The first-order valence-electron chi connectivity index (χ1n) is 9.99. The van der Waals surface area contributed by atoms with E-state index in [9.17, 15) is 0 Å². The molecule has 2 heterocycles. The number of anilines is 3. The second kappa shape index (κ2) is 9.39. The monoisotopic (exact) mass is 390 g/mol. The van der Waals surface area contributed by atoms with Crippen molar-refractivity contribution in [3.63, 3.8) is 0 Å². The quantitative estimate of drug-likeness (QED) is 0.581. The van der Waals surface area contributed by atoms with Crippen LogP contribution >= 0.6 is 0 Å². The first-order valence-corrected chi connectivity index (χ1v) is 9.99. The molecule has 2 N–H and O–H groups in total. The molecule has 1 atom stereocenters. The number of benzene rings is 2. The number of nitrogens with one attached hydrogen (secondary N) is 2. The van der Waals surface area contributed by atoms with Gasteiger partial charge in [-0.1, -0.05) is 30.3 Å². The minimum Gasteiger partial charge on any atom is -0.489 e. The highest BCUT2D eigenvalue weighted by atomic mass is 16.5. The van der Waals surface area contributed by atoms with Crippen molar-refractivity contribution in [3.05, 3.63) is 72.1 Å². The van der Waals surface area contributed by atoms with Crippen LogP contribution in [-0.4, -0.2) is 29.2 Å². The van der Waals surface area contributed by atoms with Crippen LogP contribution in [0.15, 0.2) is 60.7 Å². The van der Waals surface area contributed by atoms with Gasteiger partial charge in [-0.3, -0.25) is 0 Å². The van der Waals surface area contributed by atoms with Crippen molar-refractivity contribution >= 4 is 17.3 Å². The maximum absolute atomic E-state index is 5.84. The molecule has 0 saturated carbocycles. The molecule has 6 nitrogen and oxygen atoms in total. The van der Waals surface area contributed by atoms with E-state index in [0.717, 1.165) is 54.6 Å². The first kappa shape index (κ1) is 19.2. The van der Waals surface area contributed by atoms with E-state index < -0.39 is 0 Å². The zero-order valence-corrected chi connectivity index (χ0v) is 16.6. The number of nitrogens with zero attached hydrogens (tertiary/aromatic N) is 2. The molecule has 1 aliphatic rings. The molecule has 29 heavy (non-hydrogen) atoms. The lowest BCUT2D eigenvalue weighted by molar-refractivity contribution is 0.120. The molecule has 0 bridgehead atoms. The Bertz CT molecular complexity index is 910. The summed E-state index contributed by atoms with van der Waals surface area (Å²) in [6.45, 7) is 4.07. The van der Waals surface area contributed by atoms with Gasteiger partial charge in [-0.2, -0.15) is 0 Å². The Morgan fingerprint density at radius 2 is 1.83 bits per heavy atom. The van der Waals surface area contributed by atoms with Gasteiger partial charge in [-0.25, -0.2) is 9.97 Å². The Kier molecular flexibility index (Phi) is 6.22. The van der Waals surface area contributed by atoms with Crippen LogP contribution in [0.5, 0.6) is 5.75 Å². The first-order chi connectivity index (χ1) is 14.2. The van der Waals surface area contributed by atoms with E-state index >= 15 is 0 Å².